The minimum absolute atomic E-state index is 0.196. The zero-order valence-electron chi connectivity index (χ0n) is 8.18. The quantitative estimate of drug-likeness (QED) is 0.630. The first-order valence-electron chi connectivity index (χ1n) is 4.96. The second-order valence-corrected chi connectivity index (χ2v) is 3.76. The lowest BCUT2D eigenvalue weighted by Gasteiger charge is -2.28. The average Bonchev–Trinajstić information content (AvgIpc) is 2.73. The Balaban J connectivity index is 2.18. The van der Waals surface area contributed by atoms with E-state index in [1.54, 1.807) is 0 Å². The molecular formula is C9H12N2O4. The summed E-state index contributed by atoms with van der Waals surface area (Å²) >= 11 is 0. The molecule has 0 aromatic carbocycles. The number of nitrogens with zero attached hydrogens (tertiary/aromatic N) is 2. The number of carboxylic acid groups (broad SMARTS) is 1. The van der Waals surface area contributed by atoms with Gasteiger partial charge in [-0.05, 0) is 12.8 Å². The highest BCUT2D eigenvalue weighted by Gasteiger charge is 2.42. The van der Waals surface area contributed by atoms with E-state index in [0.29, 0.717) is 19.4 Å². The topological polar surface area (TPSA) is 77.9 Å². The van der Waals surface area contributed by atoms with Crippen molar-refractivity contribution in [2.75, 3.05) is 6.54 Å². The van der Waals surface area contributed by atoms with Crippen LogP contribution in [0.25, 0.3) is 0 Å². The van der Waals surface area contributed by atoms with E-state index in [0.717, 1.165) is 5.01 Å². The molecule has 2 aliphatic rings. The lowest BCUT2D eigenvalue weighted by Crippen LogP contribution is -2.50. The number of hydrazine groups is 1. The molecule has 0 aliphatic carbocycles. The molecule has 0 bridgehead atoms. The Kier molecular flexibility index (Phi) is 2.44. The Morgan fingerprint density at radius 2 is 1.87 bits per heavy atom. The highest BCUT2D eigenvalue weighted by atomic mass is 16.4. The molecule has 2 heterocycles. The second kappa shape index (κ2) is 3.62. The largest absolute Gasteiger partial charge is 0.480 e. The van der Waals surface area contributed by atoms with Gasteiger partial charge < -0.3 is 5.11 Å². The molecule has 0 unspecified atom stereocenters. The van der Waals surface area contributed by atoms with Crippen LogP contribution in [0.1, 0.15) is 25.7 Å². The van der Waals surface area contributed by atoms with Crippen LogP contribution < -0.4 is 0 Å². The van der Waals surface area contributed by atoms with Crippen molar-refractivity contribution >= 4 is 17.8 Å². The highest BCUT2D eigenvalue weighted by Crippen LogP contribution is 2.24. The maximum Gasteiger partial charge on any atom is 0.322 e. The van der Waals surface area contributed by atoms with Crippen LogP contribution in [0.15, 0.2) is 0 Å². The van der Waals surface area contributed by atoms with Gasteiger partial charge in [0.15, 0.2) is 0 Å². The second-order valence-electron chi connectivity index (χ2n) is 3.76. The van der Waals surface area contributed by atoms with Crippen LogP contribution in [-0.4, -0.2) is 45.5 Å². The number of carbonyl (C=O) groups excluding carboxylic acids is 2. The Hall–Kier alpha value is -1.43. The lowest BCUT2D eigenvalue weighted by molar-refractivity contribution is -0.164. The lowest BCUT2D eigenvalue weighted by atomic mass is 10.2. The fourth-order valence-electron chi connectivity index (χ4n) is 2.09. The molecule has 0 spiro atoms. The summed E-state index contributed by atoms with van der Waals surface area (Å²) in [5.74, 6) is -1.54. The molecule has 0 radical (unpaired) electrons. The molecule has 6 heteroatoms. The predicted octanol–water partition coefficient (Wildman–Crippen LogP) is -0.401. The molecular weight excluding hydrogens is 200 g/mol. The van der Waals surface area contributed by atoms with Crippen LogP contribution >= 0.6 is 0 Å². The van der Waals surface area contributed by atoms with Crippen LogP contribution in [0.3, 0.4) is 0 Å². The average molecular weight is 212 g/mol. The van der Waals surface area contributed by atoms with Gasteiger partial charge in [-0.1, -0.05) is 0 Å². The number of carbonyl (C=O) groups is 3. The van der Waals surface area contributed by atoms with Gasteiger partial charge >= 0.3 is 5.97 Å². The van der Waals surface area contributed by atoms with Crippen molar-refractivity contribution < 1.29 is 19.5 Å². The first kappa shape index (κ1) is 10.1. The Morgan fingerprint density at radius 3 is 2.40 bits per heavy atom. The molecule has 15 heavy (non-hydrogen) atoms. The molecule has 2 saturated heterocycles. The summed E-state index contributed by atoms with van der Waals surface area (Å²) < 4.78 is 0. The molecule has 0 aromatic rings. The van der Waals surface area contributed by atoms with E-state index in [2.05, 4.69) is 0 Å². The minimum atomic E-state index is -0.972. The van der Waals surface area contributed by atoms with Gasteiger partial charge in [-0.2, -0.15) is 5.01 Å². The van der Waals surface area contributed by atoms with Gasteiger partial charge in [0.25, 0.3) is 0 Å². The Morgan fingerprint density at radius 1 is 1.27 bits per heavy atom. The third-order valence-electron chi connectivity index (χ3n) is 2.79. The van der Waals surface area contributed by atoms with Gasteiger partial charge in [0.2, 0.25) is 11.8 Å². The summed E-state index contributed by atoms with van der Waals surface area (Å²) in [6, 6.07) is -0.726. The van der Waals surface area contributed by atoms with Gasteiger partial charge in [-0.25, -0.2) is 5.01 Å². The number of hydrogen-bond donors (Lipinski definition) is 1. The van der Waals surface area contributed by atoms with E-state index in [1.165, 1.54) is 5.01 Å². The third-order valence-corrected chi connectivity index (χ3v) is 2.79. The molecule has 2 fully saturated rings. The number of hydrogen-bond acceptors (Lipinski definition) is 4. The van der Waals surface area contributed by atoms with E-state index in [9.17, 15) is 14.4 Å². The van der Waals surface area contributed by atoms with Crippen LogP contribution in [0.2, 0.25) is 0 Å². The van der Waals surface area contributed by atoms with Crippen LogP contribution in [-0.2, 0) is 14.4 Å². The SMILES string of the molecule is O=C(O)[C@@H]1CCCN1N1C(=O)CCC1=O. The number of rotatable bonds is 2. The normalized spacial score (nSPS) is 27.7. The van der Waals surface area contributed by atoms with Crippen LogP contribution in [0.5, 0.6) is 0 Å². The number of imide groups is 1. The fourth-order valence-corrected chi connectivity index (χ4v) is 2.09. The molecule has 2 rings (SSSR count). The fraction of sp³-hybridized carbons (Fsp3) is 0.667. The number of carboxylic acids is 1. The zero-order chi connectivity index (χ0) is 11.0. The van der Waals surface area contributed by atoms with Gasteiger partial charge in [-0.3, -0.25) is 14.4 Å². The van der Waals surface area contributed by atoms with Crippen molar-refractivity contribution in [3.05, 3.63) is 0 Å². The molecule has 2 aliphatic heterocycles. The van der Waals surface area contributed by atoms with Gasteiger partial charge in [0.05, 0.1) is 0 Å². The molecule has 82 valence electrons. The van der Waals surface area contributed by atoms with Crippen molar-refractivity contribution in [3.8, 4) is 0 Å². The van der Waals surface area contributed by atoms with Crippen molar-refractivity contribution in [3.63, 3.8) is 0 Å². The van der Waals surface area contributed by atoms with Crippen molar-refractivity contribution in [2.24, 2.45) is 0 Å². The number of amides is 2. The van der Waals surface area contributed by atoms with E-state index < -0.39 is 12.0 Å². The number of aliphatic carboxylic acids is 1. The zero-order valence-corrected chi connectivity index (χ0v) is 8.18. The molecule has 1 atom stereocenters. The molecule has 6 nitrogen and oxygen atoms in total. The Bertz CT molecular complexity index is 312. The highest BCUT2D eigenvalue weighted by molar-refractivity contribution is 6.01. The van der Waals surface area contributed by atoms with Crippen molar-refractivity contribution in [1.82, 2.24) is 10.0 Å². The van der Waals surface area contributed by atoms with Gasteiger partial charge in [0, 0.05) is 19.4 Å². The molecule has 2 amide bonds. The smallest absolute Gasteiger partial charge is 0.322 e. The standard InChI is InChI=1S/C9H12N2O4/c12-7-3-4-8(13)11(7)10-5-1-2-6(10)9(14)15/h6H,1-5H2,(H,14,15)/t6-/m0/s1. The molecule has 0 aromatic heterocycles. The van der Waals surface area contributed by atoms with E-state index in [1.807, 2.05) is 0 Å². The summed E-state index contributed by atoms with van der Waals surface area (Å²) in [6.07, 6.45) is 1.59. The van der Waals surface area contributed by atoms with E-state index in [-0.39, 0.29) is 24.7 Å². The molecule has 1 N–H and O–H groups in total. The van der Waals surface area contributed by atoms with Crippen molar-refractivity contribution in [1.29, 1.82) is 0 Å². The predicted molar refractivity (Wildman–Crippen MR) is 48.5 cm³/mol. The van der Waals surface area contributed by atoms with E-state index in [4.69, 9.17) is 5.11 Å². The Labute approximate surface area is 86.4 Å². The summed E-state index contributed by atoms with van der Waals surface area (Å²) in [6.45, 7) is 0.467. The maximum absolute atomic E-state index is 11.4. The summed E-state index contributed by atoms with van der Waals surface area (Å²) in [7, 11) is 0. The monoisotopic (exact) mass is 212 g/mol. The summed E-state index contributed by atoms with van der Waals surface area (Å²) in [5.41, 5.74) is 0. The van der Waals surface area contributed by atoms with E-state index >= 15 is 0 Å². The molecule has 0 saturated carbocycles. The van der Waals surface area contributed by atoms with Crippen LogP contribution in [0.4, 0.5) is 0 Å². The van der Waals surface area contributed by atoms with Gasteiger partial charge in [-0.15, -0.1) is 0 Å². The van der Waals surface area contributed by atoms with Crippen LogP contribution in [0, 0.1) is 0 Å². The van der Waals surface area contributed by atoms with Gasteiger partial charge in [0.1, 0.15) is 6.04 Å². The first-order chi connectivity index (χ1) is 7.11. The maximum atomic E-state index is 11.4. The summed E-state index contributed by atoms with van der Waals surface area (Å²) in [5, 5.41) is 11.3. The van der Waals surface area contributed by atoms with Crippen molar-refractivity contribution in [2.45, 2.75) is 31.7 Å². The minimum Gasteiger partial charge on any atom is -0.480 e. The third kappa shape index (κ3) is 1.61. The summed E-state index contributed by atoms with van der Waals surface area (Å²) in [4.78, 5) is 33.7. The first-order valence-corrected chi connectivity index (χ1v) is 4.96.